The topological polar surface area (TPSA) is 106 Å². The number of aliphatic hydroxyl groups excluding tert-OH is 1. The average Bonchev–Trinajstić information content (AvgIpc) is 3.19. The molecule has 0 saturated heterocycles. The number of hydrogen-bond donors (Lipinski definition) is 3. The van der Waals surface area contributed by atoms with E-state index < -0.39 is 17.9 Å². The molecule has 2 aromatic carbocycles. The number of carbonyl (C=O) groups excluding carboxylic acids is 2. The van der Waals surface area contributed by atoms with Gasteiger partial charge in [0.05, 0.1) is 12.7 Å². The van der Waals surface area contributed by atoms with E-state index in [9.17, 15) is 14.7 Å². The molecule has 1 unspecified atom stereocenters. The lowest BCUT2D eigenvalue weighted by molar-refractivity contribution is -0.136. The van der Waals surface area contributed by atoms with E-state index in [-0.39, 0.29) is 6.54 Å². The summed E-state index contributed by atoms with van der Waals surface area (Å²) in [5.41, 5.74) is 2.11. The normalized spacial score (nSPS) is 15.2. The third kappa shape index (κ3) is 3.86. The van der Waals surface area contributed by atoms with E-state index in [0.29, 0.717) is 42.6 Å². The molecule has 0 aromatic heterocycles. The summed E-state index contributed by atoms with van der Waals surface area (Å²) in [5, 5.41) is 15.2. The van der Waals surface area contributed by atoms with Gasteiger partial charge < -0.3 is 30.0 Å². The summed E-state index contributed by atoms with van der Waals surface area (Å²) in [6.45, 7) is 1.46. The lowest BCUT2D eigenvalue weighted by atomic mass is 10.0. The average molecular weight is 384 g/mol. The predicted octanol–water partition coefficient (Wildman–Crippen LogP) is 1.18. The summed E-state index contributed by atoms with van der Waals surface area (Å²) in [4.78, 5) is 24.1. The molecule has 0 bridgehead atoms. The third-order valence-electron chi connectivity index (χ3n) is 4.56. The molecule has 0 fully saturated rings. The number of benzene rings is 2. The second-order valence-electron chi connectivity index (χ2n) is 6.50. The monoisotopic (exact) mass is 384 g/mol. The van der Waals surface area contributed by atoms with E-state index in [1.54, 1.807) is 30.3 Å². The second-order valence-corrected chi connectivity index (χ2v) is 6.50. The standard InChI is InChI=1S/C20H20N2O6/c23-15(12-1-3-16-13(9-12)5-6-26-16)11-21-19(24)20(25)22-14-2-4-17-18(10-14)28-8-7-27-17/h1-4,9-10,15,23H,5-8,11H2,(H,21,24)(H,22,25). The van der Waals surface area contributed by atoms with Gasteiger partial charge in [-0.3, -0.25) is 9.59 Å². The lowest BCUT2D eigenvalue weighted by Gasteiger charge is -2.19. The molecule has 2 heterocycles. The molecule has 2 aliphatic heterocycles. The molecule has 2 amide bonds. The molecular formula is C20H20N2O6. The van der Waals surface area contributed by atoms with Gasteiger partial charge in [-0.2, -0.15) is 0 Å². The van der Waals surface area contributed by atoms with E-state index in [2.05, 4.69) is 10.6 Å². The Labute approximate surface area is 161 Å². The van der Waals surface area contributed by atoms with Crippen LogP contribution in [0.25, 0.3) is 0 Å². The highest BCUT2D eigenvalue weighted by molar-refractivity contribution is 6.39. The minimum Gasteiger partial charge on any atom is -0.493 e. The fraction of sp³-hybridized carbons (Fsp3) is 0.300. The lowest BCUT2D eigenvalue weighted by Crippen LogP contribution is -2.37. The van der Waals surface area contributed by atoms with Gasteiger partial charge in [-0.1, -0.05) is 6.07 Å². The number of ether oxygens (including phenoxy) is 3. The van der Waals surface area contributed by atoms with Crippen molar-refractivity contribution >= 4 is 17.5 Å². The van der Waals surface area contributed by atoms with Crippen LogP contribution in [0.4, 0.5) is 5.69 Å². The number of hydrogen-bond acceptors (Lipinski definition) is 6. The van der Waals surface area contributed by atoms with Crippen LogP contribution in [0.5, 0.6) is 17.2 Å². The summed E-state index contributed by atoms with van der Waals surface area (Å²) >= 11 is 0. The van der Waals surface area contributed by atoms with E-state index in [1.807, 2.05) is 6.07 Å². The Bertz CT molecular complexity index is 914. The molecule has 1 atom stereocenters. The van der Waals surface area contributed by atoms with E-state index in [0.717, 1.165) is 17.7 Å². The number of aliphatic hydroxyl groups is 1. The first-order valence-corrected chi connectivity index (χ1v) is 9.02. The van der Waals surface area contributed by atoms with Crippen LogP contribution in [-0.2, 0) is 16.0 Å². The highest BCUT2D eigenvalue weighted by Gasteiger charge is 2.19. The van der Waals surface area contributed by atoms with Gasteiger partial charge in [0.15, 0.2) is 11.5 Å². The number of anilines is 1. The predicted molar refractivity (Wildman–Crippen MR) is 99.7 cm³/mol. The molecular weight excluding hydrogens is 364 g/mol. The maximum atomic E-state index is 12.1. The van der Waals surface area contributed by atoms with Crippen molar-refractivity contribution in [2.75, 3.05) is 31.7 Å². The van der Waals surface area contributed by atoms with Crippen molar-refractivity contribution in [3.63, 3.8) is 0 Å². The molecule has 8 nitrogen and oxygen atoms in total. The van der Waals surface area contributed by atoms with Crippen molar-refractivity contribution < 1.29 is 28.9 Å². The molecule has 146 valence electrons. The second kappa shape index (κ2) is 7.77. The smallest absolute Gasteiger partial charge is 0.313 e. The van der Waals surface area contributed by atoms with Crippen LogP contribution in [0, 0.1) is 0 Å². The zero-order valence-electron chi connectivity index (χ0n) is 15.1. The summed E-state index contributed by atoms with van der Waals surface area (Å²) in [6, 6.07) is 10.3. The number of rotatable bonds is 4. The zero-order chi connectivity index (χ0) is 19.5. The van der Waals surface area contributed by atoms with Crippen LogP contribution in [0.15, 0.2) is 36.4 Å². The van der Waals surface area contributed by atoms with Crippen molar-refractivity contribution in [2.24, 2.45) is 0 Å². The van der Waals surface area contributed by atoms with Gasteiger partial charge >= 0.3 is 11.8 Å². The van der Waals surface area contributed by atoms with Gasteiger partial charge in [0.25, 0.3) is 0 Å². The summed E-state index contributed by atoms with van der Waals surface area (Å²) in [5.74, 6) is 0.264. The van der Waals surface area contributed by atoms with E-state index >= 15 is 0 Å². The number of amides is 2. The zero-order valence-corrected chi connectivity index (χ0v) is 15.1. The largest absolute Gasteiger partial charge is 0.493 e. The summed E-state index contributed by atoms with van der Waals surface area (Å²) in [6.07, 6.45) is -0.128. The molecule has 0 spiro atoms. The highest BCUT2D eigenvalue weighted by atomic mass is 16.6. The molecule has 0 saturated carbocycles. The summed E-state index contributed by atoms with van der Waals surface area (Å²) in [7, 11) is 0. The molecule has 0 aliphatic carbocycles. The van der Waals surface area contributed by atoms with Crippen molar-refractivity contribution in [2.45, 2.75) is 12.5 Å². The Morgan fingerprint density at radius 3 is 2.54 bits per heavy atom. The molecule has 3 N–H and O–H groups in total. The van der Waals surface area contributed by atoms with Crippen molar-refractivity contribution in [3.05, 3.63) is 47.5 Å². The van der Waals surface area contributed by atoms with Gasteiger partial charge in [-0.05, 0) is 35.4 Å². The third-order valence-corrected chi connectivity index (χ3v) is 4.56. The molecule has 8 heteroatoms. The summed E-state index contributed by atoms with van der Waals surface area (Å²) < 4.78 is 16.3. The van der Waals surface area contributed by atoms with E-state index in [4.69, 9.17) is 14.2 Å². The van der Waals surface area contributed by atoms with Crippen LogP contribution in [-0.4, -0.2) is 43.3 Å². The van der Waals surface area contributed by atoms with Gasteiger partial charge in [-0.15, -0.1) is 0 Å². The van der Waals surface area contributed by atoms with Crippen molar-refractivity contribution in [1.29, 1.82) is 0 Å². The molecule has 28 heavy (non-hydrogen) atoms. The van der Waals surface area contributed by atoms with E-state index in [1.165, 1.54) is 0 Å². The molecule has 0 radical (unpaired) electrons. The van der Waals surface area contributed by atoms with Gasteiger partial charge in [0.1, 0.15) is 19.0 Å². The van der Waals surface area contributed by atoms with Gasteiger partial charge in [-0.25, -0.2) is 0 Å². The Kier molecular flexibility index (Phi) is 5.03. The highest BCUT2D eigenvalue weighted by Crippen LogP contribution is 2.32. The Hall–Kier alpha value is -3.26. The fourth-order valence-corrected chi connectivity index (χ4v) is 3.11. The van der Waals surface area contributed by atoms with Crippen LogP contribution < -0.4 is 24.8 Å². The first-order chi connectivity index (χ1) is 13.6. The minimum atomic E-state index is -0.919. The van der Waals surface area contributed by atoms with Crippen LogP contribution in [0.1, 0.15) is 17.2 Å². The maximum Gasteiger partial charge on any atom is 0.313 e. The van der Waals surface area contributed by atoms with Crippen LogP contribution in [0.3, 0.4) is 0 Å². The molecule has 4 rings (SSSR count). The number of nitrogens with one attached hydrogen (secondary N) is 2. The first-order valence-electron chi connectivity index (χ1n) is 9.02. The fourth-order valence-electron chi connectivity index (χ4n) is 3.11. The Morgan fingerprint density at radius 2 is 1.68 bits per heavy atom. The van der Waals surface area contributed by atoms with Crippen molar-refractivity contribution in [1.82, 2.24) is 5.32 Å². The number of fused-ring (bicyclic) bond motifs is 2. The van der Waals surface area contributed by atoms with Gasteiger partial charge in [0, 0.05) is 24.7 Å². The Balaban J connectivity index is 1.31. The quantitative estimate of drug-likeness (QED) is 0.684. The first kappa shape index (κ1) is 18.1. The molecule has 2 aromatic rings. The van der Waals surface area contributed by atoms with Crippen LogP contribution in [0.2, 0.25) is 0 Å². The van der Waals surface area contributed by atoms with Gasteiger partial charge in [0.2, 0.25) is 0 Å². The van der Waals surface area contributed by atoms with Crippen LogP contribution >= 0.6 is 0 Å². The van der Waals surface area contributed by atoms with Crippen molar-refractivity contribution in [3.8, 4) is 17.2 Å². The minimum absolute atomic E-state index is 0.0764. The SMILES string of the molecule is O=C(NCC(O)c1ccc2c(c1)CCO2)C(=O)Nc1ccc2c(c1)OCCO2. The molecule has 2 aliphatic rings. The maximum absolute atomic E-state index is 12.1. The number of carbonyl (C=O) groups is 2. The Morgan fingerprint density at radius 1 is 0.929 bits per heavy atom.